The van der Waals surface area contributed by atoms with Crippen LogP contribution in [0.5, 0.6) is 0 Å². The van der Waals surface area contributed by atoms with Crippen LogP contribution in [0, 0.1) is 5.92 Å². The van der Waals surface area contributed by atoms with Crippen LogP contribution in [-0.4, -0.2) is 0 Å². The molecule has 0 amide bonds. The second kappa shape index (κ2) is 3.13. The minimum atomic E-state index is 0.771. The lowest BCUT2D eigenvalue weighted by Gasteiger charge is -2.19. The molecule has 72 valence electrons. The van der Waals surface area contributed by atoms with Gasteiger partial charge in [0, 0.05) is 5.02 Å². The van der Waals surface area contributed by atoms with Crippen molar-refractivity contribution in [3.05, 3.63) is 46.5 Å². The van der Waals surface area contributed by atoms with E-state index < -0.39 is 0 Å². The largest absolute Gasteiger partial charge is 0.0850 e. The van der Waals surface area contributed by atoms with Gasteiger partial charge < -0.3 is 0 Å². The fourth-order valence-corrected chi connectivity index (χ4v) is 2.97. The number of halogens is 1. The Morgan fingerprint density at radius 2 is 1.86 bits per heavy atom. The molecule has 2 aliphatic rings. The first kappa shape index (κ1) is 8.55. The molecule has 1 fully saturated rings. The van der Waals surface area contributed by atoms with Gasteiger partial charge in [-0.2, -0.15) is 0 Å². The smallest absolute Gasteiger partial charge is 0.0406 e. The molecular formula is C13H13Cl. The van der Waals surface area contributed by atoms with E-state index in [1.54, 1.807) is 5.57 Å². The molecule has 14 heavy (non-hydrogen) atoms. The lowest BCUT2D eigenvalue weighted by atomic mass is 9.86. The van der Waals surface area contributed by atoms with Gasteiger partial charge in [-0.1, -0.05) is 35.4 Å². The molecule has 0 N–H and O–H groups in total. The van der Waals surface area contributed by atoms with Crippen LogP contribution in [0.25, 0.3) is 0 Å². The van der Waals surface area contributed by atoms with Crippen molar-refractivity contribution < 1.29 is 0 Å². The van der Waals surface area contributed by atoms with E-state index in [1.807, 2.05) is 12.1 Å². The van der Waals surface area contributed by atoms with Crippen LogP contribution in [0.3, 0.4) is 0 Å². The number of hydrogen-bond donors (Lipinski definition) is 0. The van der Waals surface area contributed by atoms with Crippen LogP contribution in [0.4, 0.5) is 0 Å². The Bertz CT molecular complexity index is 375. The minimum absolute atomic E-state index is 0.771. The number of fused-ring (bicyclic) bond motifs is 2. The SMILES string of the molecule is Clc1ccc(C2CC3=CCC2C3)cc1. The van der Waals surface area contributed by atoms with Gasteiger partial charge in [0.25, 0.3) is 0 Å². The summed E-state index contributed by atoms with van der Waals surface area (Å²) in [6.07, 6.45) is 6.35. The van der Waals surface area contributed by atoms with Crippen molar-refractivity contribution in [2.24, 2.45) is 5.92 Å². The third kappa shape index (κ3) is 1.29. The van der Waals surface area contributed by atoms with Crippen molar-refractivity contribution in [2.75, 3.05) is 0 Å². The zero-order valence-corrected chi connectivity index (χ0v) is 8.80. The Morgan fingerprint density at radius 1 is 1.07 bits per heavy atom. The van der Waals surface area contributed by atoms with Crippen molar-refractivity contribution in [3.63, 3.8) is 0 Å². The number of rotatable bonds is 1. The van der Waals surface area contributed by atoms with Crippen molar-refractivity contribution in [1.29, 1.82) is 0 Å². The van der Waals surface area contributed by atoms with E-state index in [0.717, 1.165) is 16.9 Å². The average molecular weight is 205 g/mol. The molecule has 0 aliphatic heterocycles. The first-order chi connectivity index (χ1) is 6.83. The Kier molecular flexibility index (Phi) is 1.91. The van der Waals surface area contributed by atoms with Crippen molar-refractivity contribution in [1.82, 2.24) is 0 Å². The summed E-state index contributed by atoms with van der Waals surface area (Å²) < 4.78 is 0. The van der Waals surface area contributed by atoms with Crippen LogP contribution in [-0.2, 0) is 0 Å². The maximum atomic E-state index is 5.89. The summed E-state index contributed by atoms with van der Waals surface area (Å²) in [6.45, 7) is 0. The molecule has 0 spiro atoms. The van der Waals surface area contributed by atoms with Crippen LogP contribution < -0.4 is 0 Å². The Morgan fingerprint density at radius 3 is 2.43 bits per heavy atom. The van der Waals surface area contributed by atoms with E-state index in [4.69, 9.17) is 11.6 Å². The Labute approximate surface area is 89.6 Å². The third-order valence-corrected chi connectivity index (χ3v) is 3.83. The van der Waals surface area contributed by atoms with E-state index >= 15 is 0 Å². The number of benzene rings is 1. The molecule has 3 rings (SSSR count). The summed E-state index contributed by atoms with van der Waals surface area (Å²) >= 11 is 5.89. The maximum absolute atomic E-state index is 5.89. The fourth-order valence-electron chi connectivity index (χ4n) is 2.84. The van der Waals surface area contributed by atoms with E-state index in [2.05, 4.69) is 18.2 Å². The normalized spacial score (nSPS) is 29.4. The van der Waals surface area contributed by atoms with E-state index in [1.165, 1.54) is 24.8 Å². The van der Waals surface area contributed by atoms with Gasteiger partial charge in [-0.15, -0.1) is 0 Å². The predicted octanol–water partition coefficient (Wildman–Crippen LogP) is 4.16. The zero-order valence-electron chi connectivity index (χ0n) is 8.04. The van der Waals surface area contributed by atoms with Gasteiger partial charge in [0.2, 0.25) is 0 Å². The summed E-state index contributed by atoms with van der Waals surface area (Å²) in [5.41, 5.74) is 3.15. The van der Waals surface area contributed by atoms with Gasteiger partial charge in [0.05, 0.1) is 0 Å². The fraction of sp³-hybridized carbons (Fsp3) is 0.385. The molecular weight excluding hydrogens is 192 g/mol. The van der Waals surface area contributed by atoms with Crippen molar-refractivity contribution in [3.8, 4) is 0 Å². The topological polar surface area (TPSA) is 0 Å². The quantitative estimate of drug-likeness (QED) is 0.603. The molecule has 2 aliphatic carbocycles. The minimum Gasteiger partial charge on any atom is -0.0850 e. The monoisotopic (exact) mass is 204 g/mol. The summed E-state index contributed by atoms with van der Waals surface area (Å²) in [5.74, 6) is 1.65. The first-order valence-electron chi connectivity index (χ1n) is 5.26. The molecule has 1 saturated carbocycles. The number of allylic oxidation sites excluding steroid dienone is 2. The molecule has 0 aromatic heterocycles. The second-order valence-electron chi connectivity index (χ2n) is 4.42. The molecule has 1 aromatic carbocycles. The molecule has 2 bridgehead atoms. The van der Waals surface area contributed by atoms with Gasteiger partial charge in [-0.05, 0) is 48.8 Å². The van der Waals surface area contributed by atoms with E-state index in [9.17, 15) is 0 Å². The Balaban J connectivity index is 1.90. The average Bonchev–Trinajstić information content (AvgIpc) is 2.80. The van der Waals surface area contributed by atoms with Gasteiger partial charge >= 0.3 is 0 Å². The molecule has 0 radical (unpaired) electrons. The van der Waals surface area contributed by atoms with Crippen LogP contribution >= 0.6 is 11.6 Å². The highest BCUT2D eigenvalue weighted by molar-refractivity contribution is 6.30. The molecule has 1 aromatic rings. The molecule has 1 heteroatoms. The molecule has 0 saturated heterocycles. The van der Waals surface area contributed by atoms with Gasteiger partial charge in [0.15, 0.2) is 0 Å². The van der Waals surface area contributed by atoms with Gasteiger partial charge in [-0.3, -0.25) is 0 Å². The van der Waals surface area contributed by atoms with E-state index in [0.29, 0.717) is 0 Å². The van der Waals surface area contributed by atoms with Gasteiger partial charge in [-0.25, -0.2) is 0 Å². The maximum Gasteiger partial charge on any atom is 0.0406 e. The lowest BCUT2D eigenvalue weighted by molar-refractivity contribution is 0.496. The van der Waals surface area contributed by atoms with Crippen molar-refractivity contribution >= 4 is 11.6 Å². The highest BCUT2D eigenvalue weighted by Gasteiger charge is 2.34. The predicted molar refractivity (Wildman–Crippen MR) is 59.6 cm³/mol. The third-order valence-electron chi connectivity index (χ3n) is 3.58. The van der Waals surface area contributed by atoms with Crippen LogP contribution in [0.2, 0.25) is 5.02 Å². The van der Waals surface area contributed by atoms with E-state index in [-0.39, 0.29) is 0 Å². The van der Waals surface area contributed by atoms with Crippen LogP contribution in [0.15, 0.2) is 35.9 Å². The molecule has 0 nitrogen and oxygen atoms in total. The summed E-state index contributed by atoms with van der Waals surface area (Å²) in [6, 6.07) is 8.40. The second-order valence-corrected chi connectivity index (χ2v) is 4.86. The lowest BCUT2D eigenvalue weighted by Crippen LogP contribution is -2.05. The molecule has 2 atom stereocenters. The summed E-state index contributed by atoms with van der Waals surface area (Å²) in [4.78, 5) is 0. The zero-order chi connectivity index (χ0) is 9.54. The molecule has 2 unspecified atom stereocenters. The highest BCUT2D eigenvalue weighted by Crippen LogP contribution is 2.49. The number of hydrogen-bond acceptors (Lipinski definition) is 0. The van der Waals surface area contributed by atoms with Crippen LogP contribution in [0.1, 0.15) is 30.7 Å². The Hall–Kier alpha value is -0.750. The standard InChI is InChI=1S/C13H13Cl/c14-12-5-3-10(4-6-12)13-8-9-1-2-11(13)7-9/h1,3-6,11,13H,2,7-8H2. The van der Waals surface area contributed by atoms with Gasteiger partial charge in [0.1, 0.15) is 0 Å². The molecule has 0 heterocycles. The van der Waals surface area contributed by atoms with Crippen molar-refractivity contribution in [2.45, 2.75) is 25.2 Å². The summed E-state index contributed by atoms with van der Waals surface area (Å²) in [5, 5.41) is 0.844. The highest BCUT2D eigenvalue weighted by atomic mass is 35.5. The summed E-state index contributed by atoms with van der Waals surface area (Å²) in [7, 11) is 0. The first-order valence-corrected chi connectivity index (χ1v) is 5.64.